The number of nitrogens with two attached hydrogens (primary N) is 1. The molecule has 1 aliphatic heterocycles. The lowest BCUT2D eigenvalue weighted by molar-refractivity contribution is -0.156. The van der Waals surface area contributed by atoms with Crippen LogP contribution >= 0.6 is 0 Å². The second kappa shape index (κ2) is 37.1. The first kappa shape index (κ1) is 78.2. The van der Waals surface area contributed by atoms with Crippen LogP contribution in [0.3, 0.4) is 0 Å². The van der Waals surface area contributed by atoms with Gasteiger partial charge in [0.1, 0.15) is 72.6 Å². The number of hydrogen-bond donors (Lipinski definition) is 19. The quantitative estimate of drug-likeness (QED) is 0.0246. The Kier molecular flexibility index (Phi) is 29.3. The van der Waals surface area contributed by atoms with E-state index in [1.54, 1.807) is 48.5 Å². The number of aliphatic hydroxyl groups excluding tert-OH is 1. The minimum atomic E-state index is -2.26. The van der Waals surface area contributed by atoms with Crippen LogP contribution in [0.5, 0.6) is 0 Å². The summed E-state index contributed by atoms with van der Waals surface area (Å²) in [4.78, 5) is 237. The number of carboxylic acid groups (broad SMARTS) is 4. The van der Waals surface area contributed by atoms with Gasteiger partial charge in [0.05, 0.1) is 32.3 Å². The Morgan fingerprint density at radius 1 is 0.495 bits per heavy atom. The molecule has 99 heavy (non-hydrogen) atoms. The van der Waals surface area contributed by atoms with Crippen molar-refractivity contribution in [3.8, 4) is 0 Å². The van der Waals surface area contributed by atoms with E-state index in [4.69, 9.17) is 10.5 Å². The molecule has 5 rings (SSSR count). The summed E-state index contributed by atoms with van der Waals surface area (Å²) < 4.78 is 5.90. The van der Waals surface area contributed by atoms with E-state index in [9.17, 15) is 102 Å². The normalized spacial score (nSPS) is 23.5. The summed E-state index contributed by atoms with van der Waals surface area (Å²) >= 11 is 0. The van der Waals surface area contributed by atoms with E-state index in [2.05, 4.69) is 57.8 Å². The molecule has 1 aliphatic rings. The number of ether oxygens (including phenoxy) is 1. The summed E-state index contributed by atoms with van der Waals surface area (Å²) in [5, 5.41) is 75.1. The molecule has 0 saturated carbocycles. The average molecular weight is 1390 g/mol. The molecule has 0 spiro atoms. The van der Waals surface area contributed by atoms with Gasteiger partial charge in [0.15, 0.2) is 0 Å². The molecule has 2 aromatic heterocycles. The van der Waals surface area contributed by atoms with Crippen molar-refractivity contribution in [1.29, 1.82) is 0 Å². The number of carbonyl (C=O) groups is 17. The number of nitrogens with one attached hydrogen (secondary N) is 13. The number of hydrogen-bond acceptors (Lipinski definition) is 19. The fourth-order valence-corrected chi connectivity index (χ4v) is 10.2. The molecule has 12 amide bonds. The van der Waals surface area contributed by atoms with Crippen LogP contribution in [0.15, 0.2) is 60.9 Å². The maximum Gasteiger partial charge on any atom is 0.329 e. The number of benzene rings is 2. The number of carbonyl (C=O) groups excluding carboxylic acids is 13. The second-order valence-corrected chi connectivity index (χ2v) is 23.3. The second-order valence-electron chi connectivity index (χ2n) is 23.3. The van der Waals surface area contributed by atoms with Crippen LogP contribution in [0.25, 0.3) is 21.8 Å². The van der Waals surface area contributed by atoms with Crippen LogP contribution < -0.4 is 64.2 Å². The van der Waals surface area contributed by atoms with Crippen molar-refractivity contribution in [1.82, 2.24) is 68.5 Å². The van der Waals surface area contributed by atoms with Crippen LogP contribution in [0.4, 0.5) is 0 Å². The standard InChI is InChI=1S/C62H80N14O23/c1-5-6-7-16-46(79)68-44(27-77)60(96)76-51-30(4)99-62(98)43(20-32-26-65-36-15-11-9-13-34(32)36)75-54(90)37(17-18-47(80)81)69-58(94)39(21-45(63)78)70-52(88)28(2)66-55(91)40(22-48(82)83)71-53(89)29(3)67-56(92)41(23-49(84)85)72-59(95)42(24-50(86)87)73-57(93)38(74-61(51)97)19-31-25-64-35-14-10-8-12-33(31)35/h8-15,25-26,28-30,37-44,51,64-65,77H,5-7,16-24,27H2,1-4H3,(H2,63,78)(H,66,91)(H,67,92)(H,68,79)(H,69,94)(H,70,88)(H,71,89)(H,72,95)(H,73,93)(H,74,97)(H,75,90)(H,76,96)(H,80,81)(H,82,83)(H,84,85)(H,86,87)/t28-,29+,30?,37?,38?,39+,40-,41?,42-,43-,44-,51?/m0/s1. The number of H-pyrrole nitrogens is 2. The number of amides is 12. The van der Waals surface area contributed by atoms with E-state index in [0.29, 0.717) is 46.6 Å². The average Bonchev–Trinajstić information content (AvgIpc) is 1.71. The smallest absolute Gasteiger partial charge is 0.329 e. The number of aromatic amines is 2. The number of rotatable bonds is 23. The number of aliphatic carboxylic acids is 4. The Bertz CT molecular complexity index is 3700. The van der Waals surface area contributed by atoms with E-state index >= 15 is 4.79 Å². The number of unbranched alkanes of at least 4 members (excludes halogenated alkanes) is 2. The zero-order chi connectivity index (χ0) is 73.4. The highest BCUT2D eigenvalue weighted by Gasteiger charge is 2.40. The van der Waals surface area contributed by atoms with Gasteiger partial charge in [0, 0.05) is 59.9 Å². The minimum Gasteiger partial charge on any atom is -0.481 e. The Hall–Kier alpha value is -11.5. The third-order valence-corrected chi connectivity index (χ3v) is 15.5. The first-order valence-electron chi connectivity index (χ1n) is 31.2. The summed E-state index contributed by atoms with van der Waals surface area (Å²) in [6, 6.07) is -9.09. The first-order valence-corrected chi connectivity index (χ1v) is 31.2. The molecule has 2 aromatic carbocycles. The number of cyclic esters (lactones) is 1. The van der Waals surface area contributed by atoms with Gasteiger partial charge in [-0.15, -0.1) is 0 Å². The predicted molar refractivity (Wildman–Crippen MR) is 341 cm³/mol. The molecular formula is C62H80N14O23. The van der Waals surface area contributed by atoms with E-state index in [1.165, 1.54) is 12.4 Å². The van der Waals surface area contributed by atoms with Gasteiger partial charge in [-0.25, -0.2) is 4.79 Å². The van der Waals surface area contributed by atoms with Crippen molar-refractivity contribution in [2.45, 2.75) is 177 Å². The molecular weight excluding hydrogens is 1310 g/mol. The number of esters is 1. The van der Waals surface area contributed by atoms with Gasteiger partial charge in [-0.05, 0) is 56.9 Å². The van der Waals surface area contributed by atoms with Crippen LogP contribution in [0.1, 0.15) is 103 Å². The molecule has 37 nitrogen and oxygen atoms in total. The lowest BCUT2D eigenvalue weighted by Crippen LogP contribution is -2.62. The SMILES string of the molecule is CCCCCC(=O)N[C@@H](CO)C(=O)NC1C(=O)NC(Cc2c[nH]c3ccccc23)C(=O)N[C@@H](CC(=O)O)C(=O)NC(CC(=O)O)C(=O)N[C@H](C)C(=O)N[C@@H](CC(=O)O)C(=O)N[C@@H](C)C(=O)N[C@H](CC(N)=O)C(=O)NC(CCC(=O)O)C(=O)N[C@@H](Cc2c[nH]c3ccccc23)C(=O)OC1C. The number of para-hydroxylation sites is 2. The van der Waals surface area contributed by atoms with E-state index in [0.717, 1.165) is 20.8 Å². The van der Waals surface area contributed by atoms with Gasteiger partial charge in [0.25, 0.3) is 0 Å². The largest absolute Gasteiger partial charge is 0.481 e. The third-order valence-electron chi connectivity index (χ3n) is 15.5. The molecule has 536 valence electrons. The summed E-state index contributed by atoms with van der Waals surface area (Å²) in [6.45, 7) is 3.78. The monoisotopic (exact) mass is 1390 g/mol. The van der Waals surface area contributed by atoms with Gasteiger partial charge in [0.2, 0.25) is 70.9 Å². The molecule has 3 heterocycles. The molecule has 37 heteroatoms. The molecule has 12 atom stereocenters. The zero-order valence-corrected chi connectivity index (χ0v) is 54.1. The molecule has 4 aromatic rings. The Labute approximate surface area is 562 Å². The van der Waals surface area contributed by atoms with Crippen molar-refractivity contribution in [3.05, 3.63) is 72.1 Å². The summed E-state index contributed by atoms with van der Waals surface area (Å²) in [6.07, 6.45) is -5.10. The Balaban J connectivity index is 1.70. The maximum atomic E-state index is 15.2. The van der Waals surface area contributed by atoms with Crippen molar-refractivity contribution in [2.75, 3.05) is 6.61 Å². The Morgan fingerprint density at radius 3 is 1.35 bits per heavy atom. The first-order chi connectivity index (χ1) is 46.8. The highest BCUT2D eigenvalue weighted by atomic mass is 16.5. The van der Waals surface area contributed by atoms with Crippen LogP contribution in [0.2, 0.25) is 0 Å². The van der Waals surface area contributed by atoms with Gasteiger partial charge < -0.3 is 104 Å². The van der Waals surface area contributed by atoms with Gasteiger partial charge in [-0.1, -0.05) is 56.2 Å². The van der Waals surface area contributed by atoms with Crippen molar-refractivity contribution < 1.29 is 112 Å². The number of aliphatic hydroxyl groups is 1. The van der Waals surface area contributed by atoms with Crippen molar-refractivity contribution in [2.24, 2.45) is 5.73 Å². The van der Waals surface area contributed by atoms with E-state index < -0.39 is 231 Å². The number of carboxylic acids is 4. The van der Waals surface area contributed by atoms with Crippen LogP contribution in [0, 0.1) is 0 Å². The van der Waals surface area contributed by atoms with Crippen LogP contribution in [-0.2, 0) is 99.1 Å². The van der Waals surface area contributed by atoms with Gasteiger partial charge in [-0.3, -0.25) is 76.7 Å². The third kappa shape index (κ3) is 24.0. The van der Waals surface area contributed by atoms with Crippen molar-refractivity contribution in [3.63, 3.8) is 0 Å². The molecule has 1 fully saturated rings. The number of fused-ring (bicyclic) bond motifs is 2. The van der Waals surface area contributed by atoms with Gasteiger partial charge in [-0.2, -0.15) is 0 Å². The molecule has 0 bridgehead atoms. The van der Waals surface area contributed by atoms with Gasteiger partial charge >= 0.3 is 29.8 Å². The molecule has 20 N–H and O–H groups in total. The highest BCUT2D eigenvalue weighted by Crippen LogP contribution is 2.22. The Morgan fingerprint density at radius 2 is 0.899 bits per heavy atom. The lowest BCUT2D eigenvalue weighted by Gasteiger charge is -2.30. The van der Waals surface area contributed by atoms with E-state index in [1.807, 2.05) is 17.6 Å². The maximum absolute atomic E-state index is 15.2. The molecule has 1 saturated heterocycles. The summed E-state index contributed by atoms with van der Waals surface area (Å²) in [7, 11) is 0. The summed E-state index contributed by atoms with van der Waals surface area (Å²) in [5.74, 6) is -24.0. The lowest BCUT2D eigenvalue weighted by atomic mass is 10.0. The number of aromatic nitrogens is 2. The summed E-state index contributed by atoms with van der Waals surface area (Å²) in [5.41, 5.74) is 7.02. The van der Waals surface area contributed by atoms with Crippen LogP contribution in [-0.4, -0.2) is 215 Å². The fraction of sp³-hybridized carbons (Fsp3) is 0.468. The number of primary amides is 1. The molecule has 5 unspecified atom stereocenters. The van der Waals surface area contributed by atoms with Crippen molar-refractivity contribution >= 4 is 123 Å². The highest BCUT2D eigenvalue weighted by molar-refractivity contribution is 6.02. The molecule has 0 aliphatic carbocycles. The molecule has 0 radical (unpaired) electrons. The zero-order valence-electron chi connectivity index (χ0n) is 54.1. The predicted octanol–water partition coefficient (Wildman–Crippen LogP) is -4.51. The van der Waals surface area contributed by atoms with E-state index in [-0.39, 0.29) is 12.0 Å². The topological polar surface area (TPSA) is 590 Å². The fourth-order valence-electron chi connectivity index (χ4n) is 10.2. The minimum absolute atomic E-state index is 0.112.